The highest BCUT2D eigenvalue weighted by atomic mass is 32.2. The zero-order valence-corrected chi connectivity index (χ0v) is 12.4. The average Bonchev–Trinajstić information content (AvgIpc) is 2.38. The molecule has 0 aliphatic heterocycles. The molecule has 0 amide bonds. The van der Waals surface area contributed by atoms with Gasteiger partial charge in [-0.3, -0.25) is 4.79 Å². The Labute approximate surface area is 114 Å². The predicted molar refractivity (Wildman–Crippen MR) is 72.2 cm³/mol. The molecule has 1 rings (SSSR count). The minimum Gasteiger partial charge on any atom is -0.469 e. The summed E-state index contributed by atoms with van der Waals surface area (Å²) in [5, 5.41) is 0. The van der Waals surface area contributed by atoms with Gasteiger partial charge in [-0.05, 0) is 19.1 Å². The first-order valence-corrected chi connectivity index (χ1v) is 7.34. The molecular formula is C13H19NO4S. The van der Waals surface area contributed by atoms with Crippen molar-refractivity contribution in [1.82, 2.24) is 4.31 Å². The Kier molecular flexibility index (Phi) is 5.08. The van der Waals surface area contributed by atoms with Gasteiger partial charge in [-0.25, -0.2) is 12.7 Å². The molecule has 106 valence electrons. The summed E-state index contributed by atoms with van der Waals surface area (Å²) in [4.78, 5) is 11.5. The number of rotatable bonds is 5. The van der Waals surface area contributed by atoms with Gasteiger partial charge in [0, 0.05) is 13.6 Å². The Hall–Kier alpha value is -1.40. The van der Waals surface area contributed by atoms with Gasteiger partial charge in [-0.2, -0.15) is 0 Å². The summed E-state index contributed by atoms with van der Waals surface area (Å²) in [6.45, 7) is 3.61. The van der Waals surface area contributed by atoms with Crippen LogP contribution in [-0.2, 0) is 19.6 Å². The number of esters is 1. The van der Waals surface area contributed by atoms with Crippen molar-refractivity contribution in [3.63, 3.8) is 0 Å². The van der Waals surface area contributed by atoms with Crippen LogP contribution in [-0.4, -0.2) is 39.4 Å². The fourth-order valence-electron chi connectivity index (χ4n) is 1.65. The third-order valence-corrected chi connectivity index (χ3v) is 4.70. The zero-order valence-electron chi connectivity index (χ0n) is 11.6. The topological polar surface area (TPSA) is 63.7 Å². The molecule has 19 heavy (non-hydrogen) atoms. The Balaban J connectivity index is 2.88. The molecule has 0 fully saturated rings. The summed E-state index contributed by atoms with van der Waals surface area (Å²) in [5.41, 5.74) is 0.990. The van der Waals surface area contributed by atoms with Crippen LogP contribution < -0.4 is 0 Å². The van der Waals surface area contributed by atoms with Crippen molar-refractivity contribution < 1.29 is 17.9 Å². The number of carbonyl (C=O) groups excluding carboxylic acids is 1. The van der Waals surface area contributed by atoms with Crippen molar-refractivity contribution in [1.29, 1.82) is 0 Å². The number of benzene rings is 1. The third kappa shape index (κ3) is 3.78. The summed E-state index contributed by atoms with van der Waals surface area (Å²) in [6.07, 6.45) is 0. The van der Waals surface area contributed by atoms with Gasteiger partial charge in [0.1, 0.15) is 0 Å². The van der Waals surface area contributed by atoms with Crippen LogP contribution in [0.25, 0.3) is 0 Å². The Morgan fingerprint density at radius 2 is 1.84 bits per heavy atom. The van der Waals surface area contributed by atoms with E-state index in [1.54, 1.807) is 31.2 Å². The van der Waals surface area contributed by atoms with Gasteiger partial charge < -0.3 is 4.74 Å². The molecule has 0 aliphatic rings. The molecule has 0 bridgehead atoms. The quantitative estimate of drug-likeness (QED) is 0.768. The first-order chi connectivity index (χ1) is 8.78. The number of hydrogen-bond donors (Lipinski definition) is 0. The molecule has 1 unspecified atom stereocenters. The second-order valence-corrected chi connectivity index (χ2v) is 6.57. The van der Waals surface area contributed by atoms with Crippen molar-refractivity contribution in [2.24, 2.45) is 5.92 Å². The molecule has 1 atom stereocenters. The molecule has 1 aromatic rings. The maximum Gasteiger partial charge on any atom is 0.309 e. The Morgan fingerprint density at radius 3 is 2.32 bits per heavy atom. The van der Waals surface area contributed by atoms with Crippen LogP contribution in [0.2, 0.25) is 0 Å². The second-order valence-electron chi connectivity index (χ2n) is 4.52. The monoisotopic (exact) mass is 285 g/mol. The minimum atomic E-state index is -3.57. The van der Waals surface area contributed by atoms with Crippen LogP contribution in [0.1, 0.15) is 12.5 Å². The summed E-state index contributed by atoms with van der Waals surface area (Å²) in [5.74, 6) is -0.929. The van der Waals surface area contributed by atoms with Gasteiger partial charge in [0.05, 0.1) is 17.9 Å². The first-order valence-electron chi connectivity index (χ1n) is 5.90. The lowest BCUT2D eigenvalue weighted by Crippen LogP contribution is -2.34. The van der Waals surface area contributed by atoms with Gasteiger partial charge >= 0.3 is 5.97 Å². The van der Waals surface area contributed by atoms with E-state index in [0.29, 0.717) is 0 Å². The lowest BCUT2D eigenvalue weighted by atomic mass is 10.2. The minimum absolute atomic E-state index is 0.0862. The van der Waals surface area contributed by atoms with E-state index in [1.165, 1.54) is 18.5 Å². The molecule has 0 heterocycles. The molecule has 0 spiro atoms. The predicted octanol–water partition coefficient (Wildman–Crippen LogP) is 1.42. The molecule has 0 N–H and O–H groups in total. The van der Waals surface area contributed by atoms with Crippen LogP contribution in [0.15, 0.2) is 29.2 Å². The maximum absolute atomic E-state index is 12.3. The summed E-state index contributed by atoms with van der Waals surface area (Å²) >= 11 is 0. The fourth-order valence-corrected chi connectivity index (χ4v) is 2.91. The zero-order chi connectivity index (χ0) is 14.6. The van der Waals surface area contributed by atoms with E-state index >= 15 is 0 Å². The van der Waals surface area contributed by atoms with Crippen LogP contribution in [0.4, 0.5) is 0 Å². The largest absolute Gasteiger partial charge is 0.469 e. The van der Waals surface area contributed by atoms with Crippen molar-refractivity contribution in [3.05, 3.63) is 29.8 Å². The number of sulfonamides is 1. The van der Waals surface area contributed by atoms with Gasteiger partial charge in [-0.15, -0.1) is 0 Å². The molecule has 0 saturated heterocycles. The van der Waals surface area contributed by atoms with E-state index in [2.05, 4.69) is 4.74 Å². The highest BCUT2D eigenvalue weighted by Gasteiger charge is 2.25. The number of aryl methyl sites for hydroxylation is 1. The highest BCUT2D eigenvalue weighted by Crippen LogP contribution is 2.16. The number of carbonyl (C=O) groups is 1. The van der Waals surface area contributed by atoms with E-state index in [1.807, 2.05) is 6.92 Å². The van der Waals surface area contributed by atoms with E-state index in [4.69, 9.17) is 0 Å². The third-order valence-electron chi connectivity index (χ3n) is 2.86. The fraction of sp³-hybridized carbons (Fsp3) is 0.462. The van der Waals surface area contributed by atoms with Gasteiger partial charge in [0.15, 0.2) is 0 Å². The van der Waals surface area contributed by atoms with E-state index in [9.17, 15) is 13.2 Å². The summed E-state index contributed by atoms with van der Waals surface area (Å²) < 4.78 is 30.3. The SMILES string of the molecule is COC(=O)C(C)CN(C)S(=O)(=O)c1ccc(C)cc1. The smallest absolute Gasteiger partial charge is 0.309 e. The van der Waals surface area contributed by atoms with Crippen LogP contribution in [0, 0.1) is 12.8 Å². The number of methoxy groups -OCH3 is 1. The standard InChI is InChI=1S/C13H19NO4S/c1-10-5-7-12(8-6-10)19(16,17)14(3)9-11(2)13(15)18-4/h5-8,11H,9H2,1-4H3. The summed E-state index contributed by atoms with van der Waals surface area (Å²) in [7, 11) is -0.829. The lowest BCUT2D eigenvalue weighted by Gasteiger charge is -2.20. The van der Waals surface area contributed by atoms with Gasteiger partial charge in [0.25, 0.3) is 0 Å². The van der Waals surface area contributed by atoms with Gasteiger partial charge in [-0.1, -0.05) is 24.6 Å². The molecule has 5 nitrogen and oxygen atoms in total. The van der Waals surface area contributed by atoms with Crippen molar-refractivity contribution in [3.8, 4) is 0 Å². The van der Waals surface area contributed by atoms with Crippen LogP contribution in [0.3, 0.4) is 0 Å². The number of ether oxygens (including phenoxy) is 1. The van der Waals surface area contributed by atoms with E-state index in [0.717, 1.165) is 5.56 Å². The molecule has 6 heteroatoms. The number of nitrogens with zero attached hydrogens (tertiary/aromatic N) is 1. The highest BCUT2D eigenvalue weighted by molar-refractivity contribution is 7.89. The van der Waals surface area contributed by atoms with Crippen LogP contribution >= 0.6 is 0 Å². The van der Waals surface area contributed by atoms with E-state index in [-0.39, 0.29) is 11.4 Å². The lowest BCUT2D eigenvalue weighted by molar-refractivity contribution is -0.144. The van der Waals surface area contributed by atoms with Gasteiger partial charge in [0.2, 0.25) is 10.0 Å². The Morgan fingerprint density at radius 1 is 1.32 bits per heavy atom. The first kappa shape index (κ1) is 15.7. The van der Waals surface area contributed by atoms with E-state index < -0.39 is 21.9 Å². The normalized spacial score (nSPS) is 13.3. The molecule has 0 radical (unpaired) electrons. The average molecular weight is 285 g/mol. The molecule has 0 saturated carbocycles. The maximum atomic E-state index is 12.3. The molecule has 0 aromatic heterocycles. The van der Waals surface area contributed by atoms with Crippen molar-refractivity contribution in [2.75, 3.05) is 20.7 Å². The van der Waals surface area contributed by atoms with Crippen LogP contribution in [0.5, 0.6) is 0 Å². The molecule has 0 aliphatic carbocycles. The van der Waals surface area contributed by atoms with Crippen molar-refractivity contribution in [2.45, 2.75) is 18.7 Å². The van der Waals surface area contributed by atoms with Crippen molar-refractivity contribution >= 4 is 16.0 Å². The molecular weight excluding hydrogens is 266 g/mol. The number of hydrogen-bond acceptors (Lipinski definition) is 4. The molecule has 1 aromatic carbocycles. The Bertz CT molecular complexity index is 536. The summed E-state index contributed by atoms with van der Waals surface area (Å²) in [6, 6.07) is 6.60. The second kappa shape index (κ2) is 6.16.